The third kappa shape index (κ3) is 2.24. The molecule has 19 heavy (non-hydrogen) atoms. The minimum Gasteiger partial charge on any atom is -0.394 e. The molecule has 1 aliphatic rings. The zero-order chi connectivity index (χ0) is 13.3. The molecule has 1 fully saturated rings. The van der Waals surface area contributed by atoms with Gasteiger partial charge in [0.1, 0.15) is 5.82 Å². The van der Waals surface area contributed by atoms with Crippen LogP contribution in [-0.4, -0.2) is 22.2 Å². The van der Waals surface area contributed by atoms with Crippen molar-refractivity contribution in [2.24, 2.45) is 0 Å². The van der Waals surface area contributed by atoms with Gasteiger partial charge >= 0.3 is 0 Å². The molecule has 4 nitrogen and oxygen atoms in total. The summed E-state index contributed by atoms with van der Waals surface area (Å²) in [6, 6.07) is 9.46. The number of hydrogen-bond acceptors (Lipinski definition) is 3. The molecule has 3 N–H and O–H groups in total. The van der Waals surface area contributed by atoms with Crippen LogP contribution in [0.5, 0.6) is 0 Å². The average Bonchev–Trinajstić information content (AvgIpc) is 2.88. The van der Waals surface area contributed by atoms with E-state index < -0.39 is 0 Å². The first-order valence-corrected chi connectivity index (χ1v) is 6.74. The fraction of sp³-hybridized carbons (Fsp3) is 0.400. The van der Waals surface area contributed by atoms with E-state index in [0.29, 0.717) is 11.2 Å². The summed E-state index contributed by atoms with van der Waals surface area (Å²) >= 11 is 0. The van der Waals surface area contributed by atoms with Gasteiger partial charge in [-0.25, -0.2) is 0 Å². The number of aromatic amines is 1. The molecule has 3 rings (SSSR count). The molecule has 0 unspecified atom stereocenters. The highest BCUT2D eigenvalue weighted by Crippen LogP contribution is 2.32. The highest BCUT2D eigenvalue weighted by molar-refractivity contribution is 5.83. The average molecular weight is 258 g/mol. The number of rotatable bonds is 3. The maximum atomic E-state index is 12.0. The van der Waals surface area contributed by atoms with Crippen LogP contribution in [-0.2, 0) is 0 Å². The molecular formula is C15H18N2O2. The van der Waals surface area contributed by atoms with E-state index in [0.717, 1.165) is 31.1 Å². The standard InChI is InChI=1S/C15H18N2O2/c18-10-15(7-3-4-8-15)17-13-9-11-5-1-2-6-12(11)14(19)16-13/h1-2,5-6,9,18H,3-4,7-8,10H2,(H2,16,17,19). The second kappa shape index (κ2) is 4.70. The van der Waals surface area contributed by atoms with Crippen LogP contribution >= 0.6 is 0 Å². The van der Waals surface area contributed by atoms with Gasteiger partial charge in [0, 0.05) is 5.39 Å². The quantitative estimate of drug-likeness (QED) is 0.791. The fourth-order valence-electron chi connectivity index (χ4n) is 2.94. The third-order valence-corrected chi connectivity index (χ3v) is 4.02. The van der Waals surface area contributed by atoms with Crippen molar-refractivity contribution < 1.29 is 5.11 Å². The van der Waals surface area contributed by atoms with Crippen molar-refractivity contribution in [2.75, 3.05) is 11.9 Å². The Morgan fingerprint density at radius 3 is 2.74 bits per heavy atom. The predicted octanol–water partition coefficient (Wildman–Crippen LogP) is 2.25. The molecule has 0 bridgehead atoms. The van der Waals surface area contributed by atoms with Gasteiger partial charge in [-0.05, 0) is 30.4 Å². The number of hydrogen-bond donors (Lipinski definition) is 3. The van der Waals surface area contributed by atoms with Gasteiger partial charge in [0.15, 0.2) is 0 Å². The normalized spacial score (nSPS) is 17.7. The van der Waals surface area contributed by atoms with Crippen molar-refractivity contribution in [1.29, 1.82) is 0 Å². The zero-order valence-electron chi connectivity index (χ0n) is 10.8. The second-order valence-corrected chi connectivity index (χ2v) is 5.37. The van der Waals surface area contributed by atoms with Crippen LogP contribution < -0.4 is 10.9 Å². The number of aliphatic hydroxyl groups is 1. The number of anilines is 1. The lowest BCUT2D eigenvalue weighted by atomic mass is 9.99. The minimum atomic E-state index is -0.272. The van der Waals surface area contributed by atoms with E-state index in [1.807, 2.05) is 30.3 Å². The number of aliphatic hydroxyl groups excluding tert-OH is 1. The van der Waals surface area contributed by atoms with E-state index in [-0.39, 0.29) is 17.7 Å². The van der Waals surface area contributed by atoms with Crippen molar-refractivity contribution in [2.45, 2.75) is 31.2 Å². The second-order valence-electron chi connectivity index (χ2n) is 5.37. The van der Waals surface area contributed by atoms with Crippen LogP contribution in [0.2, 0.25) is 0 Å². The number of fused-ring (bicyclic) bond motifs is 1. The Morgan fingerprint density at radius 1 is 1.26 bits per heavy atom. The number of pyridine rings is 1. The first-order chi connectivity index (χ1) is 9.22. The molecule has 0 atom stereocenters. The van der Waals surface area contributed by atoms with Crippen LogP contribution in [0.1, 0.15) is 25.7 Å². The maximum absolute atomic E-state index is 12.0. The Bertz CT molecular complexity index is 642. The smallest absolute Gasteiger partial charge is 0.257 e. The van der Waals surface area contributed by atoms with Crippen molar-refractivity contribution in [3.63, 3.8) is 0 Å². The molecule has 1 aliphatic carbocycles. The summed E-state index contributed by atoms with van der Waals surface area (Å²) in [5, 5.41) is 14.5. The Hall–Kier alpha value is -1.81. The van der Waals surface area contributed by atoms with Crippen molar-refractivity contribution >= 4 is 16.6 Å². The SMILES string of the molecule is O=c1[nH]c(NC2(CO)CCCC2)cc2ccccc12. The van der Waals surface area contributed by atoms with E-state index in [9.17, 15) is 9.90 Å². The van der Waals surface area contributed by atoms with Gasteiger partial charge in [-0.15, -0.1) is 0 Å². The van der Waals surface area contributed by atoms with E-state index in [2.05, 4.69) is 10.3 Å². The van der Waals surface area contributed by atoms with Crippen LogP contribution in [0.4, 0.5) is 5.82 Å². The van der Waals surface area contributed by atoms with E-state index >= 15 is 0 Å². The highest BCUT2D eigenvalue weighted by atomic mass is 16.3. The molecule has 1 heterocycles. The van der Waals surface area contributed by atoms with E-state index in [4.69, 9.17) is 0 Å². The van der Waals surface area contributed by atoms with Gasteiger partial charge in [-0.1, -0.05) is 31.0 Å². The topological polar surface area (TPSA) is 65.1 Å². The summed E-state index contributed by atoms with van der Waals surface area (Å²) in [6.45, 7) is 0.0991. The molecule has 0 amide bonds. The van der Waals surface area contributed by atoms with Crippen molar-refractivity contribution in [3.05, 3.63) is 40.7 Å². The Kier molecular flexibility index (Phi) is 3.03. The Morgan fingerprint density at radius 2 is 2.00 bits per heavy atom. The molecule has 0 aliphatic heterocycles. The lowest BCUT2D eigenvalue weighted by Crippen LogP contribution is -2.39. The molecule has 0 saturated heterocycles. The minimum absolute atomic E-state index is 0.0910. The lowest BCUT2D eigenvalue weighted by Gasteiger charge is -2.29. The largest absolute Gasteiger partial charge is 0.394 e. The highest BCUT2D eigenvalue weighted by Gasteiger charge is 2.33. The number of aromatic nitrogens is 1. The van der Waals surface area contributed by atoms with E-state index in [1.165, 1.54) is 0 Å². The van der Waals surface area contributed by atoms with Crippen molar-refractivity contribution in [1.82, 2.24) is 4.98 Å². The van der Waals surface area contributed by atoms with Crippen molar-refractivity contribution in [3.8, 4) is 0 Å². The maximum Gasteiger partial charge on any atom is 0.257 e. The molecule has 1 aromatic heterocycles. The Labute approximate surface area is 111 Å². The van der Waals surface area contributed by atoms with Gasteiger partial charge < -0.3 is 15.4 Å². The summed E-state index contributed by atoms with van der Waals surface area (Å²) in [5.41, 5.74) is -0.363. The molecule has 1 saturated carbocycles. The molecule has 100 valence electrons. The Balaban J connectivity index is 1.99. The van der Waals surface area contributed by atoms with Gasteiger partial charge in [0.2, 0.25) is 0 Å². The summed E-state index contributed by atoms with van der Waals surface area (Å²) in [4.78, 5) is 14.9. The molecule has 4 heteroatoms. The van der Waals surface area contributed by atoms with Gasteiger partial charge in [-0.3, -0.25) is 4.79 Å². The number of benzene rings is 1. The summed E-state index contributed by atoms with van der Waals surface area (Å²) < 4.78 is 0. The van der Waals surface area contributed by atoms with Crippen LogP contribution in [0.25, 0.3) is 10.8 Å². The predicted molar refractivity (Wildman–Crippen MR) is 76.5 cm³/mol. The molecular weight excluding hydrogens is 240 g/mol. The first kappa shape index (κ1) is 12.2. The monoisotopic (exact) mass is 258 g/mol. The number of H-pyrrole nitrogens is 1. The third-order valence-electron chi connectivity index (χ3n) is 4.02. The molecule has 0 radical (unpaired) electrons. The molecule has 0 spiro atoms. The van der Waals surface area contributed by atoms with Crippen LogP contribution in [0, 0.1) is 0 Å². The van der Waals surface area contributed by atoms with Gasteiger partial charge in [-0.2, -0.15) is 0 Å². The summed E-state index contributed by atoms with van der Waals surface area (Å²) in [7, 11) is 0. The van der Waals surface area contributed by atoms with Crippen LogP contribution in [0.3, 0.4) is 0 Å². The lowest BCUT2D eigenvalue weighted by molar-refractivity contribution is 0.214. The summed E-state index contributed by atoms with van der Waals surface area (Å²) in [6.07, 6.45) is 4.12. The van der Waals surface area contributed by atoms with Gasteiger partial charge in [0.05, 0.1) is 12.1 Å². The van der Waals surface area contributed by atoms with E-state index in [1.54, 1.807) is 0 Å². The first-order valence-electron chi connectivity index (χ1n) is 6.74. The van der Waals surface area contributed by atoms with Crippen LogP contribution in [0.15, 0.2) is 35.1 Å². The van der Waals surface area contributed by atoms with Gasteiger partial charge in [0.25, 0.3) is 5.56 Å². The number of nitrogens with one attached hydrogen (secondary N) is 2. The zero-order valence-corrected chi connectivity index (χ0v) is 10.8. The fourth-order valence-corrected chi connectivity index (χ4v) is 2.94. The molecule has 2 aromatic rings. The summed E-state index contributed by atoms with van der Waals surface area (Å²) in [5.74, 6) is 0.694. The molecule has 1 aromatic carbocycles.